The van der Waals surface area contributed by atoms with Crippen molar-refractivity contribution < 1.29 is 22.9 Å². The third-order valence-electron chi connectivity index (χ3n) is 7.39. The number of hydrogen-bond acceptors (Lipinski definition) is 4. The molecule has 0 aliphatic rings. The Kier molecular flexibility index (Phi) is 32.7. The van der Waals surface area contributed by atoms with Crippen LogP contribution in [0.4, 0.5) is 0 Å². The smallest absolute Gasteiger partial charge is 0.267 e. The van der Waals surface area contributed by atoms with Crippen LogP contribution < -0.4 is 5.32 Å². The third kappa shape index (κ3) is 36.1. The molecule has 1 amide bonds. The minimum Gasteiger partial charge on any atom is -0.387 e. The Bertz CT molecular complexity index is 1170. The highest BCUT2D eigenvalue weighted by molar-refractivity contribution is 7.85. The normalized spacial score (nSPS) is 14.6. The van der Waals surface area contributed by atoms with Gasteiger partial charge in [0.25, 0.3) is 10.1 Å². The van der Waals surface area contributed by atoms with Gasteiger partial charge >= 0.3 is 0 Å². The lowest BCUT2D eigenvalue weighted by atomic mass is 10.1. The second-order valence-corrected chi connectivity index (χ2v) is 13.6. The number of unbranched alkanes of at least 4 members (excludes halogenated alkanes) is 7. The summed E-state index contributed by atoms with van der Waals surface area (Å²) in [6, 6.07) is -1.10. The van der Waals surface area contributed by atoms with Crippen LogP contribution in [0.2, 0.25) is 0 Å². The molecule has 7 heteroatoms. The number of rotatable bonds is 31. The summed E-state index contributed by atoms with van der Waals surface area (Å²) in [5.74, 6) is -1.06. The molecule has 0 bridgehead atoms. The molecule has 3 N–H and O–H groups in total. The second-order valence-electron chi connectivity index (χ2n) is 12.1. The Morgan fingerprint density at radius 1 is 0.571 bits per heavy atom. The van der Waals surface area contributed by atoms with Gasteiger partial charge in [0.1, 0.15) is 0 Å². The van der Waals surface area contributed by atoms with Crippen LogP contribution in [0.25, 0.3) is 0 Å². The van der Waals surface area contributed by atoms with E-state index in [4.69, 9.17) is 0 Å². The van der Waals surface area contributed by atoms with Gasteiger partial charge in [0, 0.05) is 6.42 Å². The molecule has 0 saturated carbocycles. The molecule has 0 aliphatic carbocycles. The van der Waals surface area contributed by atoms with Gasteiger partial charge in [0.2, 0.25) is 5.91 Å². The molecule has 0 radical (unpaired) electrons. The quantitative estimate of drug-likeness (QED) is 0.0380. The van der Waals surface area contributed by atoms with Crippen LogP contribution in [0.5, 0.6) is 0 Å². The highest BCUT2D eigenvalue weighted by Crippen LogP contribution is 2.09. The number of aliphatic hydroxyl groups is 1. The molecule has 0 fully saturated rings. The van der Waals surface area contributed by atoms with Gasteiger partial charge in [0.15, 0.2) is 0 Å². The Labute approximate surface area is 300 Å². The van der Waals surface area contributed by atoms with Crippen molar-refractivity contribution in [2.45, 2.75) is 142 Å². The zero-order valence-electron chi connectivity index (χ0n) is 30.5. The minimum absolute atomic E-state index is 0.247. The molecule has 0 aromatic carbocycles. The first-order chi connectivity index (χ1) is 23.8. The van der Waals surface area contributed by atoms with Crippen LogP contribution in [0.3, 0.4) is 0 Å². The number of allylic oxidation sites excluding steroid dienone is 17. The molecule has 0 spiro atoms. The zero-order valence-corrected chi connectivity index (χ0v) is 31.3. The van der Waals surface area contributed by atoms with Crippen molar-refractivity contribution in [1.29, 1.82) is 0 Å². The molecular formula is C42H67NO5S. The average Bonchev–Trinajstić information content (AvgIpc) is 3.06. The maximum absolute atomic E-state index is 12.5. The zero-order chi connectivity index (χ0) is 36.1. The van der Waals surface area contributed by atoms with Gasteiger partial charge in [-0.05, 0) is 89.9 Å². The lowest BCUT2D eigenvalue weighted by Gasteiger charge is -2.21. The predicted octanol–water partition coefficient (Wildman–Crippen LogP) is 10.8. The standard InChI is InChI=1S/C42H67NO5S/c1-3-5-7-9-11-13-15-16-17-18-19-20-21-22-23-24-25-26-28-30-32-34-36-38-42(45)43-40(39-49(46,47)48)41(44)37-35-33-31-29-27-14-12-10-8-6-4-2/h5,7-8,10-11,13,16-17,19-20,22-23,25-27,29,35,37,40-41,44H,3-4,6,9,12,14-15,18,21,24,28,30-34,36,38-39H2,1-2H3,(H,43,45)(H,46,47,48)/b7-5-,10-8+,13-11-,17-16-,20-19-,23-22-,26-25-,29-27+,37-35+. The van der Waals surface area contributed by atoms with Crippen molar-refractivity contribution >= 4 is 16.0 Å². The molecule has 2 unspecified atom stereocenters. The third-order valence-corrected chi connectivity index (χ3v) is 8.17. The van der Waals surface area contributed by atoms with Gasteiger partial charge in [-0.15, -0.1) is 0 Å². The Morgan fingerprint density at radius 3 is 1.49 bits per heavy atom. The number of aliphatic hydroxyl groups excluding tert-OH is 1. The monoisotopic (exact) mass is 697 g/mol. The SMILES string of the molecule is CC/C=C\C/C=C\C/C=C\C/C=C\C/C=C\C/C=C\CCCCCCC(=O)NC(CS(=O)(=O)O)C(O)/C=C/CC/C=C/CC/C=C/CCC. The number of carbonyl (C=O) groups is 1. The molecule has 0 heterocycles. The molecule has 49 heavy (non-hydrogen) atoms. The van der Waals surface area contributed by atoms with Crippen LogP contribution in [-0.2, 0) is 14.9 Å². The summed E-state index contributed by atoms with van der Waals surface area (Å²) in [7, 11) is -4.37. The van der Waals surface area contributed by atoms with E-state index in [1.807, 2.05) is 0 Å². The summed E-state index contributed by atoms with van der Waals surface area (Å²) >= 11 is 0. The molecular weight excluding hydrogens is 631 g/mol. The van der Waals surface area contributed by atoms with Crippen molar-refractivity contribution in [2.75, 3.05) is 5.75 Å². The van der Waals surface area contributed by atoms with Crippen LogP contribution in [0.15, 0.2) is 109 Å². The summed E-state index contributed by atoms with van der Waals surface area (Å²) in [5.41, 5.74) is 0. The number of hydrogen-bond donors (Lipinski definition) is 3. The van der Waals surface area contributed by atoms with Crippen LogP contribution in [-0.4, -0.2) is 41.9 Å². The summed E-state index contributed by atoms with van der Waals surface area (Å²) in [5, 5.41) is 13.1. The molecule has 0 saturated heterocycles. The molecule has 0 aromatic heterocycles. The van der Waals surface area contributed by atoms with Gasteiger partial charge < -0.3 is 10.4 Å². The van der Waals surface area contributed by atoms with Gasteiger partial charge in [-0.2, -0.15) is 8.42 Å². The highest BCUT2D eigenvalue weighted by atomic mass is 32.2. The van der Waals surface area contributed by atoms with E-state index in [1.165, 1.54) is 6.08 Å². The first-order valence-electron chi connectivity index (χ1n) is 18.6. The molecule has 0 aromatic rings. The molecule has 276 valence electrons. The van der Waals surface area contributed by atoms with E-state index in [1.54, 1.807) is 6.08 Å². The largest absolute Gasteiger partial charge is 0.387 e. The lowest BCUT2D eigenvalue weighted by Crippen LogP contribution is -2.46. The van der Waals surface area contributed by atoms with Gasteiger partial charge in [0.05, 0.1) is 17.9 Å². The first kappa shape index (κ1) is 46.0. The Morgan fingerprint density at radius 2 is 1.00 bits per heavy atom. The minimum atomic E-state index is -4.37. The highest BCUT2D eigenvalue weighted by Gasteiger charge is 2.24. The molecule has 0 rings (SSSR count). The average molecular weight is 698 g/mol. The van der Waals surface area contributed by atoms with Gasteiger partial charge in [-0.25, -0.2) is 0 Å². The summed E-state index contributed by atoms with van der Waals surface area (Å²) in [4.78, 5) is 12.5. The molecule has 2 atom stereocenters. The summed E-state index contributed by atoms with van der Waals surface area (Å²) in [6.45, 7) is 4.31. The van der Waals surface area contributed by atoms with Crippen molar-refractivity contribution in [3.8, 4) is 0 Å². The Balaban J connectivity index is 4.08. The van der Waals surface area contributed by atoms with E-state index in [9.17, 15) is 22.9 Å². The topological polar surface area (TPSA) is 104 Å². The number of carbonyl (C=O) groups excluding carboxylic acids is 1. The van der Waals surface area contributed by atoms with Crippen molar-refractivity contribution in [3.05, 3.63) is 109 Å². The number of amides is 1. The fourth-order valence-corrected chi connectivity index (χ4v) is 5.40. The molecule has 0 aliphatic heterocycles. The van der Waals surface area contributed by atoms with Crippen molar-refractivity contribution in [2.24, 2.45) is 0 Å². The van der Waals surface area contributed by atoms with Crippen molar-refractivity contribution in [1.82, 2.24) is 5.32 Å². The van der Waals surface area contributed by atoms with Crippen LogP contribution >= 0.6 is 0 Å². The van der Waals surface area contributed by atoms with E-state index in [-0.39, 0.29) is 12.3 Å². The molecule has 6 nitrogen and oxygen atoms in total. The predicted molar refractivity (Wildman–Crippen MR) is 211 cm³/mol. The lowest BCUT2D eigenvalue weighted by molar-refractivity contribution is -0.122. The van der Waals surface area contributed by atoms with E-state index in [0.717, 1.165) is 96.3 Å². The van der Waals surface area contributed by atoms with Crippen molar-refractivity contribution in [3.63, 3.8) is 0 Å². The van der Waals surface area contributed by atoms with E-state index in [0.29, 0.717) is 12.8 Å². The van der Waals surface area contributed by atoms with Gasteiger partial charge in [-0.3, -0.25) is 9.35 Å². The van der Waals surface area contributed by atoms with Gasteiger partial charge in [-0.1, -0.05) is 142 Å². The first-order valence-corrected chi connectivity index (χ1v) is 20.2. The van der Waals surface area contributed by atoms with E-state index in [2.05, 4.69) is 116 Å². The fourth-order valence-electron chi connectivity index (χ4n) is 4.67. The summed E-state index contributed by atoms with van der Waals surface area (Å²) in [6.07, 6.45) is 53.6. The Hall–Kier alpha value is -3.00. The second kappa shape index (κ2) is 34.8. The van der Waals surface area contributed by atoms with E-state index >= 15 is 0 Å². The van der Waals surface area contributed by atoms with Crippen LogP contribution in [0, 0.1) is 0 Å². The summed E-state index contributed by atoms with van der Waals surface area (Å²) < 4.78 is 32.3. The maximum atomic E-state index is 12.5. The number of nitrogens with one attached hydrogen (secondary N) is 1. The van der Waals surface area contributed by atoms with Crippen LogP contribution in [0.1, 0.15) is 129 Å². The van der Waals surface area contributed by atoms with E-state index < -0.39 is 28.0 Å². The fraction of sp³-hybridized carbons (Fsp3) is 0.548. The maximum Gasteiger partial charge on any atom is 0.267 e.